The van der Waals surface area contributed by atoms with Crippen molar-refractivity contribution in [3.05, 3.63) is 80.5 Å². The third-order valence-corrected chi connectivity index (χ3v) is 6.30. The van der Waals surface area contributed by atoms with E-state index in [-0.39, 0.29) is 22.8 Å². The molecule has 1 atom stereocenters. The summed E-state index contributed by atoms with van der Waals surface area (Å²) in [5.41, 5.74) is 1.13. The van der Waals surface area contributed by atoms with Crippen molar-refractivity contribution < 1.29 is 24.5 Å². The van der Waals surface area contributed by atoms with E-state index in [1.54, 1.807) is 37.3 Å². The van der Waals surface area contributed by atoms with Gasteiger partial charge in [-0.25, -0.2) is 0 Å². The lowest BCUT2D eigenvalue weighted by atomic mass is 9.97. The van der Waals surface area contributed by atoms with Crippen molar-refractivity contribution in [3.63, 3.8) is 0 Å². The highest BCUT2D eigenvalue weighted by Gasteiger charge is 2.48. The zero-order valence-electron chi connectivity index (χ0n) is 16.6. The third-order valence-electron chi connectivity index (χ3n) is 5.14. The van der Waals surface area contributed by atoms with Gasteiger partial charge in [-0.15, -0.1) is 11.3 Å². The van der Waals surface area contributed by atoms with Crippen LogP contribution in [0.5, 0.6) is 11.5 Å². The van der Waals surface area contributed by atoms with Gasteiger partial charge in [0.1, 0.15) is 23.3 Å². The Balaban J connectivity index is 1.95. The van der Waals surface area contributed by atoms with Gasteiger partial charge in [0.15, 0.2) is 0 Å². The van der Waals surface area contributed by atoms with Crippen LogP contribution < -0.4 is 9.64 Å². The average Bonchev–Trinajstić information content (AvgIpc) is 3.36. The highest BCUT2D eigenvalue weighted by molar-refractivity contribution is 7.10. The monoisotopic (exact) mass is 455 g/mol. The van der Waals surface area contributed by atoms with Crippen LogP contribution in [0.1, 0.15) is 22.0 Å². The molecule has 0 saturated carbocycles. The van der Waals surface area contributed by atoms with Gasteiger partial charge in [0.05, 0.1) is 18.4 Å². The van der Waals surface area contributed by atoms with Gasteiger partial charge in [-0.05, 0) is 60.3 Å². The van der Waals surface area contributed by atoms with E-state index in [1.165, 1.54) is 41.5 Å². The van der Waals surface area contributed by atoms with Gasteiger partial charge in [-0.2, -0.15) is 0 Å². The lowest BCUT2D eigenvalue weighted by molar-refractivity contribution is -0.132. The zero-order chi connectivity index (χ0) is 22.3. The Hall–Kier alpha value is -3.29. The minimum Gasteiger partial charge on any atom is -0.507 e. The summed E-state index contributed by atoms with van der Waals surface area (Å²) in [5.74, 6) is -1.59. The number of hydrogen-bond donors (Lipinski definition) is 2. The van der Waals surface area contributed by atoms with Crippen LogP contribution in [0.2, 0.25) is 5.02 Å². The maximum Gasteiger partial charge on any atom is 0.300 e. The molecule has 1 fully saturated rings. The van der Waals surface area contributed by atoms with E-state index in [0.29, 0.717) is 26.8 Å². The van der Waals surface area contributed by atoms with Crippen LogP contribution >= 0.6 is 22.9 Å². The number of benzene rings is 2. The number of ketones is 1. The second kappa shape index (κ2) is 8.09. The molecule has 31 heavy (non-hydrogen) atoms. The van der Waals surface area contributed by atoms with Crippen LogP contribution in [0.4, 0.5) is 5.69 Å². The predicted molar refractivity (Wildman–Crippen MR) is 120 cm³/mol. The number of carbonyl (C=O) groups excluding carboxylic acids is 2. The van der Waals surface area contributed by atoms with Crippen LogP contribution in [0, 0.1) is 6.92 Å². The molecule has 2 N–H and O–H groups in total. The molecule has 1 aliphatic rings. The number of phenols is 1. The predicted octanol–water partition coefficient (Wildman–Crippen LogP) is 5.05. The molecule has 1 unspecified atom stereocenters. The highest BCUT2D eigenvalue weighted by atomic mass is 35.5. The Bertz CT molecular complexity index is 1220. The summed E-state index contributed by atoms with van der Waals surface area (Å²) in [6.07, 6.45) is 0. The fourth-order valence-corrected chi connectivity index (χ4v) is 4.65. The van der Waals surface area contributed by atoms with E-state index in [2.05, 4.69) is 0 Å². The Morgan fingerprint density at radius 1 is 1.16 bits per heavy atom. The lowest BCUT2D eigenvalue weighted by Crippen LogP contribution is -2.29. The zero-order valence-corrected chi connectivity index (χ0v) is 18.2. The van der Waals surface area contributed by atoms with Crippen LogP contribution in [-0.4, -0.2) is 29.0 Å². The number of methoxy groups -OCH3 is 1. The van der Waals surface area contributed by atoms with E-state index >= 15 is 0 Å². The first kappa shape index (κ1) is 21.0. The Morgan fingerprint density at radius 2 is 1.94 bits per heavy atom. The lowest BCUT2D eigenvalue weighted by Gasteiger charge is -2.25. The first-order chi connectivity index (χ1) is 14.8. The minimum absolute atomic E-state index is 0.0555. The molecule has 0 radical (unpaired) electrons. The van der Waals surface area contributed by atoms with Crippen LogP contribution in [0.15, 0.2) is 59.5 Å². The topological polar surface area (TPSA) is 87.1 Å². The molecule has 1 aliphatic heterocycles. The number of carbonyl (C=O) groups is 2. The highest BCUT2D eigenvalue weighted by Crippen LogP contribution is 2.46. The molecule has 4 rings (SSSR count). The largest absolute Gasteiger partial charge is 0.507 e. The number of aryl methyl sites for hydroxylation is 1. The molecule has 3 aromatic rings. The van der Waals surface area contributed by atoms with Gasteiger partial charge >= 0.3 is 0 Å². The van der Waals surface area contributed by atoms with Gasteiger partial charge < -0.3 is 14.9 Å². The SMILES string of the molecule is COc1ccc(/C(O)=C2/C(=O)C(=O)N(c3cc(Cl)ccc3O)C2c2cccs2)c(C)c1. The van der Waals surface area contributed by atoms with Crippen LogP contribution in [0.25, 0.3) is 5.76 Å². The normalized spacial score (nSPS) is 17.9. The van der Waals surface area contributed by atoms with E-state index in [0.717, 1.165) is 0 Å². The van der Waals surface area contributed by atoms with Crippen LogP contribution in [0.3, 0.4) is 0 Å². The summed E-state index contributed by atoms with van der Waals surface area (Å²) in [6.45, 7) is 1.77. The van der Waals surface area contributed by atoms with E-state index in [9.17, 15) is 19.8 Å². The molecule has 0 spiro atoms. The second-order valence-corrected chi connectivity index (χ2v) is 8.41. The number of phenolic OH excluding ortho intramolecular Hbond substituents is 1. The summed E-state index contributed by atoms with van der Waals surface area (Å²) in [4.78, 5) is 28.0. The molecule has 8 heteroatoms. The molecular formula is C23H18ClNO5S. The third kappa shape index (κ3) is 3.56. The molecule has 0 aliphatic carbocycles. The van der Waals surface area contributed by atoms with Crippen molar-refractivity contribution in [1.29, 1.82) is 0 Å². The van der Waals surface area contributed by atoms with Crippen molar-refractivity contribution in [1.82, 2.24) is 0 Å². The summed E-state index contributed by atoms with van der Waals surface area (Å²) in [7, 11) is 1.54. The second-order valence-electron chi connectivity index (χ2n) is 7.00. The minimum atomic E-state index is -0.911. The number of thiophene rings is 1. The van der Waals surface area contributed by atoms with Gasteiger partial charge in [0.25, 0.3) is 11.7 Å². The Morgan fingerprint density at radius 3 is 2.58 bits per heavy atom. The van der Waals surface area contributed by atoms with E-state index in [4.69, 9.17) is 16.3 Å². The summed E-state index contributed by atoms with van der Waals surface area (Å²) < 4.78 is 5.21. The van der Waals surface area contributed by atoms with Crippen molar-refractivity contribution in [2.75, 3.05) is 12.0 Å². The van der Waals surface area contributed by atoms with Crippen molar-refractivity contribution in [2.45, 2.75) is 13.0 Å². The summed E-state index contributed by atoms with van der Waals surface area (Å²) in [6, 6.07) is 11.9. The fourth-order valence-electron chi connectivity index (χ4n) is 3.66. The molecule has 158 valence electrons. The Labute approximate surface area is 187 Å². The number of ether oxygens (including phenoxy) is 1. The number of aliphatic hydroxyl groups is 1. The number of aliphatic hydroxyl groups excluding tert-OH is 1. The molecule has 6 nitrogen and oxygen atoms in total. The number of halogens is 1. The number of rotatable bonds is 4. The van der Waals surface area contributed by atoms with Crippen molar-refractivity contribution in [3.8, 4) is 11.5 Å². The molecule has 1 aromatic heterocycles. The number of aromatic hydroxyl groups is 1. The maximum atomic E-state index is 13.1. The molecule has 2 aromatic carbocycles. The smallest absolute Gasteiger partial charge is 0.300 e. The molecule has 1 amide bonds. The fraction of sp³-hybridized carbons (Fsp3) is 0.130. The number of anilines is 1. The number of nitrogens with zero attached hydrogens (tertiary/aromatic N) is 1. The van der Waals surface area contributed by atoms with E-state index < -0.39 is 17.7 Å². The first-order valence-corrected chi connectivity index (χ1v) is 10.6. The number of Topliss-reactive ketones (excluding diaryl/α,β-unsaturated/α-hetero) is 1. The maximum absolute atomic E-state index is 13.1. The average molecular weight is 456 g/mol. The van der Waals surface area contributed by atoms with Crippen molar-refractivity contribution >= 4 is 46.1 Å². The van der Waals surface area contributed by atoms with Crippen molar-refractivity contribution in [2.24, 2.45) is 0 Å². The quantitative estimate of drug-likeness (QED) is 0.326. The molecule has 1 saturated heterocycles. The van der Waals surface area contributed by atoms with Crippen LogP contribution in [-0.2, 0) is 9.59 Å². The summed E-state index contributed by atoms with van der Waals surface area (Å²) in [5, 5.41) is 23.7. The first-order valence-electron chi connectivity index (χ1n) is 9.31. The number of amides is 1. The van der Waals surface area contributed by atoms with Gasteiger partial charge in [-0.3, -0.25) is 14.5 Å². The molecule has 0 bridgehead atoms. The molecular weight excluding hydrogens is 438 g/mol. The summed E-state index contributed by atoms with van der Waals surface area (Å²) >= 11 is 7.42. The van der Waals surface area contributed by atoms with Gasteiger partial charge in [0, 0.05) is 15.5 Å². The molecule has 2 heterocycles. The van der Waals surface area contributed by atoms with Gasteiger partial charge in [-0.1, -0.05) is 17.7 Å². The Kier molecular flexibility index (Phi) is 5.47. The standard InChI is InChI=1S/C23H18ClNO5S/c1-12-10-14(30-2)6-7-15(12)21(27)19-20(18-4-3-9-31-18)25(23(29)22(19)28)16-11-13(24)5-8-17(16)26/h3-11,20,26-27H,1-2H3/b21-19-. The van der Waals surface area contributed by atoms with Gasteiger partial charge in [0.2, 0.25) is 0 Å². The number of hydrogen-bond acceptors (Lipinski definition) is 6. The van der Waals surface area contributed by atoms with E-state index in [1.807, 2.05) is 5.38 Å².